The van der Waals surface area contributed by atoms with Gasteiger partial charge in [0.15, 0.2) is 5.82 Å². The quantitative estimate of drug-likeness (QED) is 0.707. The first kappa shape index (κ1) is 17.8. The van der Waals surface area contributed by atoms with Crippen molar-refractivity contribution in [2.24, 2.45) is 0 Å². The molecule has 1 aromatic carbocycles. The summed E-state index contributed by atoms with van der Waals surface area (Å²) in [7, 11) is 0. The van der Waals surface area contributed by atoms with Crippen molar-refractivity contribution in [3.8, 4) is 22.5 Å². The SMILES string of the molecule is CC1(c2nc3c(c(-c4cccc(Cl)c4)c2-c2nnn[nH]2)CCCC3)CCCO1. The summed E-state index contributed by atoms with van der Waals surface area (Å²) in [5.41, 5.74) is 6.09. The number of aromatic amines is 1. The van der Waals surface area contributed by atoms with Crippen LogP contribution in [0, 0.1) is 0 Å². The number of benzene rings is 1. The molecule has 28 heavy (non-hydrogen) atoms. The van der Waals surface area contributed by atoms with E-state index in [1.165, 1.54) is 11.3 Å². The van der Waals surface area contributed by atoms with Crippen molar-refractivity contribution in [3.05, 3.63) is 46.2 Å². The number of H-pyrrole nitrogens is 1. The Kier molecular flexibility index (Phi) is 4.40. The van der Waals surface area contributed by atoms with Crippen molar-refractivity contribution >= 4 is 11.6 Å². The fourth-order valence-corrected chi connectivity index (χ4v) is 4.74. The summed E-state index contributed by atoms with van der Waals surface area (Å²) in [6.07, 6.45) is 6.26. The Balaban J connectivity index is 1.87. The van der Waals surface area contributed by atoms with E-state index in [0.29, 0.717) is 10.8 Å². The van der Waals surface area contributed by atoms with Gasteiger partial charge < -0.3 is 4.74 Å². The topological polar surface area (TPSA) is 76.6 Å². The molecule has 2 aromatic heterocycles. The monoisotopic (exact) mass is 395 g/mol. The Morgan fingerprint density at radius 1 is 1.14 bits per heavy atom. The van der Waals surface area contributed by atoms with Crippen LogP contribution in [-0.4, -0.2) is 32.2 Å². The number of hydrogen-bond donors (Lipinski definition) is 1. The second kappa shape index (κ2) is 6.94. The summed E-state index contributed by atoms with van der Waals surface area (Å²) in [5, 5.41) is 15.6. The molecule has 0 bridgehead atoms. The van der Waals surface area contributed by atoms with E-state index in [0.717, 1.165) is 67.5 Å². The van der Waals surface area contributed by atoms with Crippen LogP contribution in [0.25, 0.3) is 22.5 Å². The van der Waals surface area contributed by atoms with Crippen molar-refractivity contribution in [2.45, 2.75) is 51.0 Å². The number of pyridine rings is 1. The van der Waals surface area contributed by atoms with Gasteiger partial charge in [-0.15, -0.1) is 5.10 Å². The molecule has 1 atom stereocenters. The number of hydrogen-bond acceptors (Lipinski definition) is 5. The average Bonchev–Trinajstić information content (AvgIpc) is 3.39. The number of aryl methyl sites for hydroxylation is 1. The first-order valence-electron chi connectivity index (χ1n) is 9.86. The second-order valence-electron chi connectivity index (χ2n) is 7.79. The van der Waals surface area contributed by atoms with E-state index in [9.17, 15) is 0 Å². The molecule has 0 amide bonds. The smallest absolute Gasteiger partial charge is 0.182 e. The second-order valence-corrected chi connectivity index (χ2v) is 8.22. The minimum Gasteiger partial charge on any atom is -0.369 e. The van der Waals surface area contributed by atoms with Gasteiger partial charge >= 0.3 is 0 Å². The Morgan fingerprint density at radius 3 is 2.79 bits per heavy atom. The van der Waals surface area contributed by atoms with Crippen LogP contribution >= 0.6 is 11.6 Å². The van der Waals surface area contributed by atoms with Gasteiger partial charge in [-0.25, -0.2) is 5.10 Å². The van der Waals surface area contributed by atoms with E-state index >= 15 is 0 Å². The van der Waals surface area contributed by atoms with Gasteiger partial charge in [0.25, 0.3) is 0 Å². The van der Waals surface area contributed by atoms with Gasteiger partial charge in [0.2, 0.25) is 0 Å². The lowest BCUT2D eigenvalue weighted by molar-refractivity contribution is 0.0135. The highest BCUT2D eigenvalue weighted by Gasteiger charge is 2.39. The fourth-order valence-electron chi connectivity index (χ4n) is 4.55. The highest BCUT2D eigenvalue weighted by molar-refractivity contribution is 6.30. The van der Waals surface area contributed by atoms with Gasteiger partial charge in [-0.05, 0) is 84.7 Å². The van der Waals surface area contributed by atoms with E-state index in [2.05, 4.69) is 33.6 Å². The maximum absolute atomic E-state index is 6.36. The molecule has 1 aliphatic heterocycles. The Hall–Kier alpha value is -2.31. The fraction of sp³-hybridized carbons (Fsp3) is 0.429. The Labute approximate surface area is 168 Å². The van der Waals surface area contributed by atoms with E-state index in [4.69, 9.17) is 21.3 Å². The van der Waals surface area contributed by atoms with Gasteiger partial charge in [-0.1, -0.05) is 23.7 Å². The number of fused-ring (bicyclic) bond motifs is 1. The molecule has 1 N–H and O–H groups in total. The van der Waals surface area contributed by atoms with E-state index < -0.39 is 5.60 Å². The van der Waals surface area contributed by atoms with Gasteiger partial charge in [0, 0.05) is 17.3 Å². The third-order valence-electron chi connectivity index (χ3n) is 5.89. The van der Waals surface area contributed by atoms with Crippen LogP contribution in [0.15, 0.2) is 24.3 Å². The van der Waals surface area contributed by atoms with Crippen molar-refractivity contribution in [3.63, 3.8) is 0 Å². The zero-order chi connectivity index (χ0) is 19.1. The van der Waals surface area contributed by atoms with Crippen molar-refractivity contribution in [2.75, 3.05) is 6.61 Å². The van der Waals surface area contributed by atoms with E-state index in [1.807, 2.05) is 18.2 Å². The first-order valence-corrected chi connectivity index (χ1v) is 10.2. The van der Waals surface area contributed by atoms with Crippen LogP contribution in [0.2, 0.25) is 5.02 Å². The third kappa shape index (κ3) is 2.91. The zero-order valence-electron chi connectivity index (χ0n) is 15.8. The molecule has 5 rings (SSSR count). The molecule has 0 saturated carbocycles. The van der Waals surface area contributed by atoms with Crippen LogP contribution < -0.4 is 0 Å². The lowest BCUT2D eigenvalue weighted by atomic mass is 9.82. The summed E-state index contributed by atoms with van der Waals surface area (Å²) < 4.78 is 6.20. The van der Waals surface area contributed by atoms with Crippen molar-refractivity contribution in [1.82, 2.24) is 25.6 Å². The lowest BCUT2D eigenvalue weighted by Crippen LogP contribution is -2.25. The number of tetrazole rings is 1. The molecule has 1 aliphatic carbocycles. The van der Waals surface area contributed by atoms with Gasteiger partial charge in [0.1, 0.15) is 5.60 Å². The molecule has 7 heteroatoms. The minimum absolute atomic E-state index is 0.443. The normalized spacial score (nSPS) is 21.6. The number of rotatable bonds is 3. The molecular weight excluding hydrogens is 374 g/mol. The predicted molar refractivity (Wildman–Crippen MR) is 107 cm³/mol. The van der Waals surface area contributed by atoms with Crippen molar-refractivity contribution in [1.29, 1.82) is 0 Å². The molecule has 1 saturated heterocycles. The van der Waals surface area contributed by atoms with E-state index in [1.54, 1.807) is 0 Å². The maximum Gasteiger partial charge on any atom is 0.182 e. The van der Waals surface area contributed by atoms with Crippen LogP contribution in [0.3, 0.4) is 0 Å². The first-order chi connectivity index (χ1) is 13.7. The molecule has 6 nitrogen and oxygen atoms in total. The molecule has 0 radical (unpaired) electrons. The molecule has 2 aliphatic rings. The summed E-state index contributed by atoms with van der Waals surface area (Å²) >= 11 is 6.36. The number of nitrogens with zero attached hydrogens (tertiary/aromatic N) is 4. The summed E-state index contributed by atoms with van der Waals surface area (Å²) in [6, 6.07) is 8.01. The molecule has 0 spiro atoms. The molecule has 1 unspecified atom stereocenters. The maximum atomic E-state index is 6.36. The summed E-state index contributed by atoms with van der Waals surface area (Å²) in [4.78, 5) is 5.16. The zero-order valence-corrected chi connectivity index (χ0v) is 16.6. The molecular formula is C21H22ClN5O. The van der Waals surface area contributed by atoms with Crippen LogP contribution in [0.4, 0.5) is 0 Å². The average molecular weight is 396 g/mol. The highest BCUT2D eigenvalue weighted by atomic mass is 35.5. The number of ether oxygens (including phenoxy) is 1. The van der Waals surface area contributed by atoms with Gasteiger partial charge in [-0.3, -0.25) is 4.98 Å². The molecule has 3 heterocycles. The minimum atomic E-state index is -0.443. The molecule has 144 valence electrons. The molecule has 3 aromatic rings. The third-order valence-corrected chi connectivity index (χ3v) is 6.12. The predicted octanol–water partition coefficient (Wildman–Crippen LogP) is 4.49. The van der Waals surface area contributed by atoms with Crippen molar-refractivity contribution < 1.29 is 4.74 Å². The summed E-state index contributed by atoms with van der Waals surface area (Å²) in [5.74, 6) is 0.627. The van der Waals surface area contributed by atoms with Gasteiger partial charge in [-0.2, -0.15) is 0 Å². The summed E-state index contributed by atoms with van der Waals surface area (Å²) in [6.45, 7) is 2.88. The van der Waals surface area contributed by atoms with Crippen LogP contribution in [-0.2, 0) is 23.2 Å². The molecule has 1 fully saturated rings. The highest BCUT2D eigenvalue weighted by Crippen LogP contribution is 2.46. The van der Waals surface area contributed by atoms with Crippen LogP contribution in [0.1, 0.15) is 49.6 Å². The van der Waals surface area contributed by atoms with E-state index in [-0.39, 0.29) is 0 Å². The number of halogens is 1. The largest absolute Gasteiger partial charge is 0.369 e. The Morgan fingerprint density at radius 2 is 2.04 bits per heavy atom. The Bertz CT molecular complexity index is 1010. The number of nitrogens with one attached hydrogen (secondary N) is 1. The van der Waals surface area contributed by atoms with Gasteiger partial charge in [0.05, 0.1) is 11.3 Å². The lowest BCUT2D eigenvalue weighted by Gasteiger charge is -2.30. The van der Waals surface area contributed by atoms with Crippen LogP contribution in [0.5, 0.6) is 0 Å². The standard InChI is InChI=1S/C21H22ClN5O/c1-21(10-5-11-28-21)19-18(20-24-26-27-25-20)17(13-6-4-7-14(22)12-13)15-8-2-3-9-16(15)23-19/h4,6-7,12H,2-3,5,8-11H2,1H3,(H,24,25,26,27). The number of aromatic nitrogens is 5.